The van der Waals surface area contributed by atoms with E-state index in [1.54, 1.807) is 0 Å². The topological polar surface area (TPSA) is 80.1 Å². The van der Waals surface area contributed by atoms with E-state index in [-0.39, 0.29) is 18.2 Å². The van der Waals surface area contributed by atoms with E-state index in [1.165, 1.54) is 12.1 Å². The SMILES string of the molecule is Cc1cc2[nH]c(N(C)C(C)C)nc2cc1-c1noc(COc2ccc(C(F)(F)F)cc2)n1. The second kappa shape index (κ2) is 8.18. The molecule has 32 heavy (non-hydrogen) atoms. The molecule has 1 N–H and O–H groups in total. The van der Waals surface area contributed by atoms with Crippen LogP contribution in [-0.4, -0.2) is 33.2 Å². The molecule has 2 heterocycles. The molecule has 0 amide bonds. The number of fused-ring (bicyclic) bond motifs is 1. The van der Waals surface area contributed by atoms with Crippen molar-refractivity contribution in [2.45, 2.75) is 39.6 Å². The van der Waals surface area contributed by atoms with Crippen LogP contribution in [0.2, 0.25) is 0 Å². The van der Waals surface area contributed by atoms with Gasteiger partial charge in [0.2, 0.25) is 11.8 Å². The molecule has 0 fully saturated rings. The molecule has 0 unspecified atom stereocenters. The number of nitrogens with one attached hydrogen (secondary N) is 1. The molecule has 10 heteroatoms. The Balaban J connectivity index is 1.51. The standard InChI is InChI=1S/C22H22F3N5O2/c1-12(2)30(4)21-26-17-9-13(3)16(10-18(17)27-21)20-28-19(32-29-20)11-31-15-7-5-14(6-8-15)22(23,24)25/h5-10,12H,11H2,1-4H3,(H,26,27). The Kier molecular flexibility index (Phi) is 5.53. The number of aryl methyl sites for hydroxylation is 1. The lowest BCUT2D eigenvalue weighted by Crippen LogP contribution is -2.26. The number of rotatable bonds is 6. The van der Waals surface area contributed by atoms with Gasteiger partial charge in [-0.05, 0) is 62.7 Å². The molecule has 0 saturated carbocycles. The summed E-state index contributed by atoms with van der Waals surface area (Å²) in [6.45, 7) is 6.04. The monoisotopic (exact) mass is 445 g/mol. The first kappa shape index (κ1) is 21.7. The molecule has 0 aliphatic rings. The van der Waals surface area contributed by atoms with Gasteiger partial charge in [0, 0.05) is 18.7 Å². The highest BCUT2D eigenvalue weighted by Gasteiger charge is 2.30. The highest BCUT2D eigenvalue weighted by Crippen LogP contribution is 2.31. The van der Waals surface area contributed by atoms with Crippen molar-refractivity contribution in [2.24, 2.45) is 0 Å². The van der Waals surface area contributed by atoms with Crippen molar-refractivity contribution in [3.05, 3.63) is 53.4 Å². The Morgan fingerprint density at radius 1 is 1.12 bits per heavy atom. The molecule has 7 nitrogen and oxygen atoms in total. The largest absolute Gasteiger partial charge is 0.484 e. The van der Waals surface area contributed by atoms with E-state index >= 15 is 0 Å². The number of anilines is 1. The van der Waals surface area contributed by atoms with E-state index in [2.05, 4.69) is 34.0 Å². The zero-order chi connectivity index (χ0) is 23.0. The third-order valence-electron chi connectivity index (χ3n) is 5.18. The minimum Gasteiger partial charge on any atom is -0.484 e. The number of hydrogen-bond donors (Lipinski definition) is 1. The number of halogens is 3. The average molecular weight is 445 g/mol. The number of alkyl halides is 3. The minimum atomic E-state index is -4.39. The van der Waals surface area contributed by atoms with Crippen molar-refractivity contribution < 1.29 is 22.4 Å². The van der Waals surface area contributed by atoms with Gasteiger partial charge in [0.15, 0.2) is 6.61 Å². The van der Waals surface area contributed by atoms with Gasteiger partial charge in [0.05, 0.1) is 16.6 Å². The lowest BCUT2D eigenvalue weighted by atomic mass is 10.1. The molecule has 0 aliphatic heterocycles. The van der Waals surface area contributed by atoms with Crippen molar-refractivity contribution >= 4 is 17.0 Å². The van der Waals surface area contributed by atoms with Crippen LogP contribution in [-0.2, 0) is 12.8 Å². The number of H-pyrrole nitrogens is 1. The number of aromatic nitrogens is 4. The molecule has 4 rings (SSSR count). The van der Waals surface area contributed by atoms with Gasteiger partial charge in [-0.25, -0.2) is 4.98 Å². The van der Waals surface area contributed by atoms with E-state index in [1.807, 2.05) is 31.0 Å². The summed E-state index contributed by atoms with van der Waals surface area (Å²) in [5.74, 6) is 1.64. The number of nitrogens with zero attached hydrogens (tertiary/aromatic N) is 4. The zero-order valence-corrected chi connectivity index (χ0v) is 18.0. The minimum absolute atomic E-state index is 0.0641. The van der Waals surface area contributed by atoms with Crippen molar-refractivity contribution in [3.8, 4) is 17.1 Å². The molecular weight excluding hydrogens is 423 g/mol. The van der Waals surface area contributed by atoms with Crippen LogP contribution in [0.25, 0.3) is 22.4 Å². The van der Waals surface area contributed by atoms with Gasteiger partial charge in [-0.3, -0.25) is 0 Å². The molecule has 2 aromatic carbocycles. The van der Waals surface area contributed by atoms with Crippen molar-refractivity contribution in [1.29, 1.82) is 0 Å². The Morgan fingerprint density at radius 3 is 2.50 bits per heavy atom. The first-order valence-corrected chi connectivity index (χ1v) is 9.98. The van der Waals surface area contributed by atoms with Crippen LogP contribution >= 0.6 is 0 Å². The van der Waals surface area contributed by atoms with E-state index in [0.717, 1.165) is 40.2 Å². The maximum absolute atomic E-state index is 12.7. The van der Waals surface area contributed by atoms with Gasteiger partial charge < -0.3 is 19.1 Å². The van der Waals surface area contributed by atoms with E-state index in [0.29, 0.717) is 11.9 Å². The van der Waals surface area contributed by atoms with Crippen LogP contribution in [0.4, 0.5) is 19.1 Å². The van der Waals surface area contributed by atoms with E-state index in [4.69, 9.17) is 9.26 Å². The molecule has 0 radical (unpaired) electrons. The molecule has 4 aromatic rings. The summed E-state index contributed by atoms with van der Waals surface area (Å²) in [6.07, 6.45) is -4.39. The third kappa shape index (κ3) is 4.39. The fourth-order valence-corrected chi connectivity index (χ4v) is 3.11. The maximum atomic E-state index is 12.7. The summed E-state index contributed by atoms with van der Waals surface area (Å²) >= 11 is 0. The lowest BCUT2D eigenvalue weighted by molar-refractivity contribution is -0.137. The summed E-state index contributed by atoms with van der Waals surface area (Å²) in [5, 5.41) is 4.02. The van der Waals surface area contributed by atoms with Crippen LogP contribution in [0.15, 0.2) is 40.9 Å². The van der Waals surface area contributed by atoms with Gasteiger partial charge in [-0.2, -0.15) is 18.2 Å². The van der Waals surface area contributed by atoms with Gasteiger partial charge in [0.25, 0.3) is 5.89 Å². The van der Waals surface area contributed by atoms with Gasteiger partial charge in [-0.15, -0.1) is 0 Å². The first-order valence-electron chi connectivity index (χ1n) is 9.98. The number of hydrogen-bond acceptors (Lipinski definition) is 6. The molecule has 0 aliphatic carbocycles. The highest BCUT2D eigenvalue weighted by atomic mass is 19.4. The summed E-state index contributed by atoms with van der Waals surface area (Å²) in [7, 11) is 1.97. The number of ether oxygens (including phenoxy) is 1. The average Bonchev–Trinajstić information content (AvgIpc) is 3.37. The fourth-order valence-electron chi connectivity index (χ4n) is 3.11. The van der Waals surface area contributed by atoms with Crippen LogP contribution < -0.4 is 9.64 Å². The quantitative estimate of drug-likeness (QED) is 0.430. The second-order valence-corrected chi connectivity index (χ2v) is 7.77. The third-order valence-corrected chi connectivity index (χ3v) is 5.18. The van der Waals surface area contributed by atoms with Gasteiger partial charge >= 0.3 is 6.18 Å². The first-order chi connectivity index (χ1) is 15.1. The van der Waals surface area contributed by atoms with Crippen LogP contribution in [0.3, 0.4) is 0 Å². The van der Waals surface area contributed by atoms with Crippen molar-refractivity contribution in [1.82, 2.24) is 20.1 Å². The molecule has 2 aromatic heterocycles. The zero-order valence-electron chi connectivity index (χ0n) is 18.0. The van der Waals surface area contributed by atoms with Gasteiger partial charge in [-0.1, -0.05) is 5.16 Å². The summed E-state index contributed by atoms with van der Waals surface area (Å²) in [4.78, 5) is 14.4. The highest BCUT2D eigenvalue weighted by molar-refractivity contribution is 5.84. The number of benzene rings is 2. The maximum Gasteiger partial charge on any atom is 0.416 e. The molecule has 168 valence electrons. The number of imidazole rings is 1. The lowest BCUT2D eigenvalue weighted by Gasteiger charge is -2.19. The molecular formula is C22H22F3N5O2. The van der Waals surface area contributed by atoms with E-state index in [9.17, 15) is 13.2 Å². The van der Waals surface area contributed by atoms with Crippen LogP contribution in [0, 0.1) is 6.92 Å². The normalized spacial score (nSPS) is 12.0. The Morgan fingerprint density at radius 2 is 1.84 bits per heavy atom. The van der Waals surface area contributed by atoms with E-state index < -0.39 is 11.7 Å². The molecule has 0 spiro atoms. The second-order valence-electron chi connectivity index (χ2n) is 7.77. The summed E-state index contributed by atoms with van der Waals surface area (Å²) in [5.41, 5.74) is 2.66. The molecule has 0 saturated heterocycles. The molecule has 0 bridgehead atoms. The van der Waals surface area contributed by atoms with Gasteiger partial charge in [0.1, 0.15) is 5.75 Å². The Labute approximate surface area is 182 Å². The predicted molar refractivity (Wildman–Crippen MR) is 113 cm³/mol. The molecule has 0 atom stereocenters. The van der Waals surface area contributed by atoms with Crippen LogP contribution in [0.5, 0.6) is 5.75 Å². The number of aromatic amines is 1. The fraction of sp³-hybridized carbons (Fsp3) is 0.318. The summed E-state index contributed by atoms with van der Waals surface area (Å²) in [6, 6.07) is 8.59. The van der Waals surface area contributed by atoms with Crippen molar-refractivity contribution in [3.63, 3.8) is 0 Å². The van der Waals surface area contributed by atoms with Crippen LogP contribution in [0.1, 0.15) is 30.9 Å². The predicted octanol–water partition coefficient (Wildman–Crippen LogP) is 5.36. The Hall–Kier alpha value is -3.56. The Bertz CT molecular complexity index is 1230. The summed E-state index contributed by atoms with van der Waals surface area (Å²) < 4.78 is 48.7. The van der Waals surface area contributed by atoms with Crippen molar-refractivity contribution in [2.75, 3.05) is 11.9 Å². The smallest absolute Gasteiger partial charge is 0.416 e.